The lowest BCUT2D eigenvalue weighted by Crippen LogP contribution is -2.23. The normalized spacial score (nSPS) is 12.5. The van der Waals surface area contributed by atoms with Crippen molar-refractivity contribution < 1.29 is 71.3 Å². The molecular weight excluding hydrogens is 691 g/mol. The second-order valence-corrected chi connectivity index (χ2v) is 10.2. The smallest absolute Gasteiger partial charge is 0.469 e. The fourth-order valence-electron chi connectivity index (χ4n) is 4.46. The molecule has 4 aromatic rings. The molecule has 0 saturated heterocycles. The van der Waals surface area contributed by atoms with E-state index in [1.54, 1.807) is 0 Å². The number of unbranched alkanes of at least 4 members (excludes halogenated alkanes) is 2. The predicted molar refractivity (Wildman–Crippen MR) is 149 cm³/mol. The molecule has 262 valence electrons. The Bertz CT molecular complexity index is 1820. The Balaban J connectivity index is 1.55. The van der Waals surface area contributed by atoms with Crippen LogP contribution in [0.15, 0.2) is 66.7 Å². The average Bonchev–Trinajstić information content (AvgIpc) is 3.00. The molecule has 4 aromatic carbocycles. The largest absolute Gasteiger partial charge is 0.573 e. The predicted octanol–water partition coefficient (Wildman–Crippen LogP) is 11.7. The van der Waals surface area contributed by atoms with Gasteiger partial charge in [0.2, 0.25) is 11.6 Å². The molecule has 4 rings (SSSR count). The average molecular weight is 713 g/mol. The van der Waals surface area contributed by atoms with Crippen LogP contribution in [-0.4, -0.2) is 13.0 Å². The van der Waals surface area contributed by atoms with E-state index in [1.807, 2.05) is 6.92 Å². The second-order valence-electron chi connectivity index (χ2n) is 10.2. The van der Waals surface area contributed by atoms with Crippen LogP contribution in [0.25, 0.3) is 28.1 Å². The van der Waals surface area contributed by atoms with Crippen LogP contribution in [0.1, 0.15) is 37.3 Å². The summed E-state index contributed by atoms with van der Waals surface area (Å²) in [6.07, 6.45) is -8.21. The number of ether oxygens (including phenoxy) is 3. The van der Waals surface area contributed by atoms with Crippen LogP contribution in [0.5, 0.6) is 11.5 Å². The minimum absolute atomic E-state index is 0.0236. The van der Waals surface area contributed by atoms with Gasteiger partial charge in [-0.25, -0.2) is 26.3 Å². The van der Waals surface area contributed by atoms with Gasteiger partial charge in [-0.2, -0.15) is 17.6 Å². The summed E-state index contributed by atoms with van der Waals surface area (Å²) in [7, 11) is 0. The standard InChI is InChI=1S/C33H21F13O3/c1-2-3-4-9-47-31(41)29(40)17-5-7-20(21(34)11-17)16-6-8-27(22(35)10-16)48-32(42,43)19-14-23(36)28(24(37)15-19)18-12-25(38)30(26(39)13-18)49-33(44,45)46/h5-8,10-15H,2-4,9H2,1H3/b31-29-. The van der Waals surface area contributed by atoms with E-state index in [0.29, 0.717) is 31.0 Å². The van der Waals surface area contributed by atoms with E-state index in [0.717, 1.165) is 24.6 Å². The van der Waals surface area contributed by atoms with Gasteiger partial charge >= 0.3 is 18.5 Å². The zero-order valence-corrected chi connectivity index (χ0v) is 24.7. The van der Waals surface area contributed by atoms with Gasteiger partial charge in [0, 0.05) is 11.1 Å². The highest BCUT2D eigenvalue weighted by atomic mass is 19.4. The van der Waals surface area contributed by atoms with E-state index in [4.69, 9.17) is 0 Å². The summed E-state index contributed by atoms with van der Waals surface area (Å²) in [5.74, 6) is -15.0. The molecule has 0 aliphatic carbocycles. The zero-order chi connectivity index (χ0) is 36.3. The van der Waals surface area contributed by atoms with Gasteiger partial charge in [0.15, 0.2) is 23.2 Å². The lowest BCUT2D eigenvalue weighted by Gasteiger charge is -2.20. The molecule has 0 bridgehead atoms. The third kappa shape index (κ3) is 8.78. The molecule has 0 radical (unpaired) electrons. The maximum atomic E-state index is 14.9. The number of rotatable bonds is 12. The van der Waals surface area contributed by atoms with Crippen molar-refractivity contribution in [3.05, 3.63) is 113 Å². The Labute approximate surface area is 269 Å². The number of hydrogen-bond acceptors (Lipinski definition) is 3. The Morgan fingerprint density at radius 1 is 0.633 bits per heavy atom. The van der Waals surface area contributed by atoms with Crippen molar-refractivity contribution in [2.24, 2.45) is 0 Å². The van der Waals surface area contributed by atoms with E-state index < -0.39 is 93.0 Å². The van der Waals surface area contributed by atoms with Crippen LogP contribution in [0.2, 0.25) is 0 Å². The second kappa shape index (κ2) is 14.7. The van der Waals surface area contributed by atoms with Crippen LogP contribution in [0, 0.1) is 34.9 Å². The molecule has 3 nitrogen and oxygen atoms in total. The molecule has 16 heteroatoms. The highest BCUT2D eigenvalue weighted by molar-refractivity contribution is 5.70. The van der Waals surface area contributed by atoms with Crippen molar-refractivity contribution in [3.63, 3.8) is 0 Å². The molecular formula is C33H21F13O3. The Kier molecular flexibility index (Phi) is 11.1. The quantitative estimate of drug-likeness (QED) is 0.0832. The topological polar surface area (TPSA) is 27.7 Å². The lowest BCUT2D eigenvalue weighted by molar-refractivity contribution is -0.276. The lowest BCUT2D eigenvalue weighted by atomic mass is 10.0. The minimum Gasteiger partial charge on any atom is -0.469 e. The SMILES string of the molecule is CCCCCO/C(F)=C(\F)c1ccc(-c2ccc(OC(F)(F)c3cc(F)c(-c4cc(F)c(OC(F)(F)F)c(F)c4)c(F)c3)c(F)c2)c(F)c1. The first-order valence-corrected chi connectivity index (χ1v) is 14.0. The van der Waals surface area contributed by atoms with Crippen LogP contribution in [0.4, 0.5) is 57.1 Å². The van der Waals surface area contributed by atoms with E-state index in [1.165, 1.54) is 0 Å². The first-order valence-electron chi connectivity index (χ1n) is 14.0. The number of alkyl halides is 5. The minimum atomic E-state index is -5.52. The summed E-state index contributed by atoms with van der Waals surface area (Å²) < 4.78 is 195. The van der Waals surface area contributed by atoms with Crippen LogP contribution < -0.4 is 9.47 Å². The highest BCUT2D eigenvalue weighted by Gasteiger charge is 2.38. The molecule has 0 aliphatic rings. The van der Waals surface area contributed by atoms with Gasteiger partial charge in [0.25, 0.3) is 0 Å². The van der Waals surface area contributed by atoms with E-state index in [2.05, 4.69) is 14.2 Å². The van der Waals surface area contributed by atoms with Gasteiger partial charge < -0.3 is 14.2 Å². The van der Waals surface area contributed by atoms with E-state index >= 15 is 0 Å². The molecule has 0 aliphatic heterocycles. The fraction of sp³-hybridized carbons (Fsp3) is 0.212. The number of hydrogen-bond donors (Lipinski definition) is 0. The number of benzene rings is 4. The molecule has 0 spiro atoms. The first-order chi connectivity index (χ1) is 22.9. The summed E-state index contributed by atoms with van der Waals surface area (Å²) in [6, 6.07) is 3.12. The van der Waals surface area contributed by atoms with Crippen LogP contribution in [0.3, 0.4) is 0 Å². The van der Waals surface area contributed by atoms with Crippen molar-refractivity contribution >= 4 is 5.83 Å². The van der Waals surface area contributed by atoms with Gasteiger partial charge in [-0.15, -0.1) is 13.2 Å². The maximum Gasteiger partial charge on any atom is 0.573 e. The monoisotopic (exact) mass is 712 g/mol. The third-order valence-corrected chi connectivity index (χ3v) is 6.74. The molecule has 0 amide bonds. The summed E-state index contributed by atoms with van der Waals surface area (Å²) in [6.45, 7) is 1.78. The van der Waals surface area contributed by atoms with Gasteiger partial charge in [-0.05, 0) is 60.0 Å². The van der Waals surface area contributed by atoms with Gasteiger partial charge in [0.05, 0.1) is 17.7 Å². The molecule has 49 heavy (non-hydrogen) atoms. The molecule has 0 N–H and O–H groups in total. The Hall–Kier alpha value is -4.89. The van der Waals surface area contributed by atoms with Crippen molar-refractivity contribution in [1.82, 2.24) is 0 Å². The summed E-state index contributed by atoms with van der Waals surface area (Å²) in [5, 5.41) is 0. The zero-order valence-electron chi connectivity index (χ0n) is 24.7. The van der Waals surface area contributed by atoms with Gasteiger partial charge in [-0.3, -0.25) is 0 Å². The molecule has 0 atom stereocenters. The van der Waals surface area contributed by atoms with Crippen LogP contribution in [-0.2, 0) is 10.8 Å². The summed E-state index contributed by atoms with van der Waals surface area (Å²) in [4.78, 5) is 0. The fourth-order valence-corrected chi connectivity index (χ4v) is 4.46. The van der Waals surface area contributed by atoms with E-state index in [9.17, 15) is 57.1 Å². The van der Waals surface area contributed by atoms with E-state index in [-0.39, 0.29) is 42.0 Å². The maximum absolute atomic E-state index is 14.9. The van der Waals surface area contributed by atoms with Crippen molar-refractivity contribution in [3.8, 4) is 33.8 Å². The molecule has 0 fully saturated rings. The Morgan fingerprint density at radius 3 is 1.80 bits per heavy atom. The summed E-state index contributed by atoms with van der Waals surface area (Å²) in [5.41, 5.74) is -5.03. The molecule has 0 aromatic heterocycles. The van der Waals surface area contributed by atoms with Crippen molar-refractivity contribution in [2.45, 2.75) is 38.7 Å². The van der Waals surface area contributed by atoms with Gasteiger partial charge in [-0.1, -0.05) is 38.0 Å². The molecule has 0 saturated carbocycles. The first kappa shape index (κ1) is 36.9. The molecule has 0 heterocycles. The van der Waals surface area contributed by atoms with Crippen molar-refractivity contribution in [1.29, 1.82) is 0 Å². The van der Waals surface area contributed by atoms with Crippen LogP contribution >= 0.6 is 0 Å². The Morgan fingerprint density at radius 2 is 1.24 bits per heavy atom. The molecule has 0 unspecified atom stereocenters. The van der Waals surface area contributed by atoms with Crippen molar-refractivity contribution in [2.75, 3.05) is 6.61 Å². The number of halogens is 13. The highest BCUT2D eigenvalue weighted by Crippen LogP contribution is 2.39. The third-order valence-electron chi connectivity index (χ3n) is 6.74. The van der Waals surface area contributed by atoms with Gasteiger partial charge in [0.1, 0.15) is 17.5 Å². The summed E-state index contributed by atoms with van der Waals surface area (Å²) >= 11 is 0.